The van der Waals surface area contributed by atoms with E-state index in [0.717, 1.165) is 56.7 Å². The van der Waals surface area contributed by atoms with Gasteiger partial charge in [0.05, 0.1) is 19.8 Å². The quantitative estimate of drug-likeness (QED) is 0.872. The van der Waals surface area contributed by atoms with Gasteiger partial charge in [-0.3, -0.25) is 4.68 Å². The normalized spacial score (nSPS) is 16.3. The van der Waals surface area contributed by atoms with E-state index in [0.29, 0.717) is 0 Å². The Kier molecular flexibility index (Phi) is 5.07. The number of morpholine rings is 1. The molecule has 0 aliphatic carbocycles. The lowest BCUT2D eigenvalue weighted by molar-refractivity contribution is 0.122. The maximum Gasteiger partial charge on any atom is 0.227 e. The molecule has 1 atom stereocenters. The van der Waals surface area contributed by atoms with Gasteiger partial charge in [-0.2, -0.15) is 10.1 Å². The summed E-state index contributed by atoms with van der Waals surface area (Å²) in [5.41, 5.74) is 1.05. The van der Waals surface area contributed by atoms with Gasteiger partial charge in [0, 0.05) is 43.3 Å². The molecule has 23 heavy (non-hydrogen) atoms. The van der Waals surface area contributed by atoms with Gasteiger partial charge >= 0.3 is 0 Å². The molecular formula is C16H24N6O. The molecule has 0 unspecified atom stereocenters. The number of aromatic nitrogens is 4. The number of anilines is 2. The average Bonchev–Trinajstić information content (AvgIpc) is 3.08. The summed E-state index contributed by atoms with van der Waals surface area (Å²) in [4.78, 5) is 11.5. The fourth-order valence-corrected chi connectivity index (χ4v) is 2.63. The second-order valence-corrected chi connectivity index (χ2v) is 5.77. The third-order valence-corrected chi connectivity index (χ3v) is 3.84. The summed E-state index contributed by atoms with van der Waals surface area (Å²) in [6.07, 6.45) is 4.65. The molecule has 1 aliphatic heterocycles. The Morgan fingerprint density at radius 3 is 2.83 bits per heavy atom. The van der Waals surface area contributed by atoms with E-state index in [9.17, 15) is 0 Å². The smallest absolute Gasteiger partial charge is 0.227 e. The van der Waals surface area contributed by atoms with E-state index in [1.807, 2.05) is 23.0 Å². The van der Waals surface area contributed by atoms with Crippen LogP contribution in [0.4, 0.5) is 11.8 Å². The summed E-state index contributed by atoms with van der Waals surface area (Å²) in [6.45, 7) is 8.19. The molecule has 3 heterocycles. The van der Waals surface area contributed by atoms with Gasteiger partial charge < -0.3 is 15.0 Å². The molecule has 0 amide bonds. The topological polar surface area (TPSA) is 68.1 Å². The van der Waals surface area contributed by atoms with Crippen molar-refractivity contribution in [2.45, 2.75) is 32.9 Å². The predicted octanol–water partition coefficient (Wildman–Crippen LogP) is 1.57. The lowest BCUT2D eigenvalue weighted by atomic mass is 10.3. The molecule has 0 saturated carbocycles. The summed E-state index contributed by atoms with van der Waals surface area (Å²) in [7, 11) is 0. The highest BCUT2D eigenvalue weighted by Gasteiger charge is 2.16. The molecular weight excluding hydrogens is 292 g/mol. The van der Waals surface area contributed by atoms with Gasteiger partial charge in [0.1, 0.15) is 5.82 Å². The zero-order chi connectivity index (χ0) is 16.1. The molecule has 3 rings (SSSR count). The van der Waals surface area contributed by atoms with Gasteiger partial charge in [-0.25, -0.2) is 4.98 Å². The molecule has 1 saturated heterocycles. The monoisotopic (exact) mass is 316 g/mol. The molecule has 1 aliphatic rings. The fourth-order valence-electron chi connectivity index (χ4n) is 2.63. The zero-order valence-corrected chi connectivity index (χ0v) is 13.8. The second kappa shape index (κ2) is 7.41. The van der Waals surface area contributed by atoms with Crippen LogP contribution in [0, 0.1) is 0 Å². The Morgan fingerprint density at radius 1 is 1.30 bits per heavy atom. The highest BCUT2D eigenvalue weighted by atomic mass is 16.5. The molecule has 1 fully saturated rings. The maximum absolute atomic E-state index is 5.41. The molecule has 2 aromatic rings. The van der Waals surface area contributed by atoms with Crippen molar-refractivity contribution in [2.75, 3.05) is 36.5 Å². The first-order chi connectivity index (χ1) is 11.2. The minimum Gasteiger partial charge on any atom is -0.378 e. The van der Waals surface area contributed by atoms with Gasteiger partial charge in [0.25, 0.3) is 0 Å². The minimum absolute atomic E-state index is 0.229. The third kappa shape index (κ3) is 4.19. The predicted molar refractivity (Wildman–Crippen MR) is 89.8 cm³/mol. The fraction of sp³-hybridized carbons (Fsp3) is 0.562. The molecule has 0 bridgehead atoms. The van der Waals surface area contributed by atoms with Crippen LogP contribution in [-0.4, -0.2) is 52.1 Å². The highest BCUT2D eigenvalue weighted by molar-refractivity contribution is 5.44. The maximum atomic E-state index is 5.41. The van der Waals surface area contributed by atoms with E-state index >= 15 is 0 Å². The molecule has 1 N–H and O–H groups in total. The van der Waals surface area contributed by atoms with Crippen LogP contribution in [-0.2, 0) is 17.7 Å². The van der Waals surface area contributed by atoms with Crippen LogP contribution in [0.15, 0.2) is 24.5 Å². The van der Waals surface area contributed by atoms with Crippen molar-refractivity contribution in [1.29, 1.82) is 0 Å². The number of ether oxygens (including phenoxy) is 1. The standard InChI is InChI=1S/C16H24N6O/c1-3-14-11-15(18-13(2)12-22-6-4-5-17-22)20-16(19-14)21-7-9-23-10-8-21/h4-6,11,13H,3,7-10,12H2,1-2H3,(H,18,19,20)/t13-/m0/s1. The second-order valence-electron chi connectivity index (χ2n) is 5.77. The molecule has 0 spiro atoms. The number of hydrogen-bond acceptors (Lipinski definition) is 6. The minimum atomic E-state index is 0.229. The van der Waals surface area contributed by atoms with Crippen LogP contribution < -0.4 is 10.2 Å². The molecule has 0 aromatic carbocycles. The van der Waals surface area contributed by atoms with Crippen molar-refractivity contribution < 1.29 is 4.74 Å². The Morgan fingerprint density at radius 2 is 2.13 bits per heavy atom. The summed E-state index contributed by atoms with van der Waals surface area (Å²) < 4.78 is 7.33. The van der Waals surface area contributed by atoms with Gasteiger partial charge in [-0.15, -0.1) is 0 Å². The first kappa shape index (κ1) is 15.7. The molecule has 7 heteroatoms. The average molecular weight is 316 g/mol. The zero-order valence-electron chi connectivity index (χ0n) is 13.8. The Hall–Kier alpha value is -2.15. The van der Waals surface area contributed by atoms with Crippen LogP contribution in [0.5, 0.6) is 0 Å². The van der Waals surface area contributed by atoms with Crippen molar-refractivity contribution >= 4 is 11.8 Å². The summed E-state index contributed by atoms with van der Waals surface area (Å²) in [6, 6.07) is 4.19. The van der Waals surface area contributed by atoms with Gasteiger partial charge in [-0.05, 0) is 19.4 Å². The SMILES string of the molecule is CCc1cc(N[C@@H](C)Cn2cccn2)nc(N2CCOCC2)n1. The van der Waals surface area contributed by atoms with Crippen molar-refractivity contribution in [3.8, 4) is 0 Å². The van der Waals surface area contributed by atoms with Gasteiger partial charge in [0.15, 0.2) is 0 Å². The van der Waals surface area contributed by atoms with Crippen molar-refractivity contribution in [3.63, 3.8) is 0 Å². The Labute approximate surface area is 136 Å². The highest BCUT2D eigenvalue weighted by Crippen LogP contribution is 2.16. The molecule has 0 radical (unpaired) electrons. The van der Waals surface area contributed by atoms with Crippen LogP contribution in [0.1, 0.15) is 19.5 Å². The van der Waals surface area contributed by atoms with Crippen LogP contribution >= 0.6 is 0 Å². The number of rotatable bonds is 6. The summed E-state index contributed by atoms with van der Waals surface area (Å²) in [5, 5.41) is 7.71. The number of nitrogens with one attached hydrogen (secondary N) is 1. The van der Waals surface area contributed by atoms with Crippen molar-refractivity contribution in [2.24, 2.45) is 0 Å². The third-order valence-electron chi connectivity index (χ3n) is 3.84. The van der Waals surface area contributed by atoms with Crippen molar-refractivity contribution in [3.05, 3.63) is 30.2 Å². The van der Waals surface area contributed by atoms with E-state index < -0.39 is 0 Å². The van der Waals surface area contributed by atoms with E-state index in [2.05, 4.69) is 34.1 Å². The van der Waals surface area contributed by atoms with E-state index in [4.69, 9.17) is 9.72 Å². The lowest BCUT2D eigenvalue weighted by Gasteiger charge is -2.27. The number of nitrogens with zero attached hydrogens (tertiary/aromatic N) is 5. The summed E-state index contributed by atoms with van der Waals surface area (Å²) in [5.74, 6) is 1.67. The molecule has 7 nitrogen and oxygen atoms in total. The van der Waals surface area contributed by atoms with E-state index in [1.165, 1.54) is 0 Å². The van der Waals surface area contributed by atoms with Crippen LogP contribution in [0.3, 0.4) is 0 Å². The number of hydrogen-bond donors (Lipinski definition) is 1. The first-order valence-electron chi connectivity index (χ1n) is 8.19. The Bertz CT molecular complexity index is 609. The molecule has 124 valence electrons. The van der Waals surface area contributed by atoms with E-state index in [1.54, 1.807) is 6.20 Å². The van der Waals surface area contributed by atoms with Crippen LogP contribution in [0.2, 0.25) is 0 Å². The molecule has 2 aromatic heterocycles. The van der Waals surface area contributed by atoms with E-state index in [-0.39, 0.29) is 6.04 Å². The number of aryl methyl sites for hydroxylation is 1. The first-order valence-corrected chi connectivity index (χ1v) is 8.19. The van der Waals surface area contributed by atoms with Gasteiger partial charge in [0.2, 0.25) is 5.95 Å². The lowest BCUT2D eigenvalue weighted by Crippen LogP contribution is -2.37. The summed E-state index contributed by atoms with van der Waals surface area (Å²) >= 11 is 0. The van der Waals surface area contributed by atoms with Crippen molar-refractivity contribution in [1.82, 2.24) is 19.7 Å². The largest absolute Gasteiger partial charge is 0.378 e. The van der Waals surface area contributed by atoms with Gasteiger partial charge in [-0.1, -0.05) is 6.92 Å². The van der Waals surface area contributed by atoms with Crippen LogP contribution in [0.25, 0.3) is 0 Å². The Balaban J connectivity index is 1.72.